The zero-order valence-corrected chi connectivity index (χ0v) is 23.5. The second-order valence-electron chi connectivity index (χ2n) is 8.74. The number of hydrazone groups is 1. The van der Waals surface area contributed by atoms with Crippen LogP contribution in [0.4, 0.5) is 5.82 Å². The maximum atomic E-state index is 13.3. The molecule has 0 bridgehead atoms. The number of amides is 1. The van der Waals surface area contributed by atoms with E-state index in [0.29, 0.717) is 27.8 Å². The quantitative estimate of drug-likeness (QED) is 0.127. The number of halogens is 2. The Kier molecular flexibility index (Phi) is 9.58. The number of carbonyl (C=O) groups excluding carboxylic acids is 2. The number of piperidine rings is 1. The monoisotopic (exact) mass is 629 g/mol. The van der Waals surface area contributed by atoms with Gasteiger partial charge in [0, 0.05) is 16.6 Å². The summed E-state index contributed by atoms with van der Waals surface area (Å²) in [5, 5.41) is 19.7. The zero-order valence-electron chi connectivity index (χ0n) is 21.1. The standard InChI is InChI=1S/C25H24BrN9O4.ClH/c26-18-10-9-17(20(13-18)38-25(37)16-7-3-1-4-8-16)14-28-30-24(36)21-19(15-34-11-5-2-6-12-34)29-33-35(21)23-22(27)31-39-32-23;/h1,3-4,7-10,13-14H,2,5-6,11-12,15H2,(H2,27,31)(H,30,36);1H/b28-14+;. The molecule has 3 N–H and O–H groups in total. The van der Waals surface area contributed by atoms with Gasteiger partial charge < -0.3 is 10.5 Å². The Hall–Kier alpha value is -4.14. The van der Waals surface area contributed by atoms with Gasteiger partial charge in [0.15, 0.2) is 5.69 Å². The summed E-state index contributed by atoms with van der Waals surface area (Å²) in [6.07, 6.45) is 4.70. The molecule has 15 heteroatoms. The number of nitrogens with zero attached hydrogens (tertiary/aromatic N) is 7. The van der Waals surface area contributed by atoms with Crippen molar-refractivity contribution in [2.45, 2.75) is 25.8 Å². The second-order valence-corrected chi connectivity index (χ2v) is 9.66. The minimum absolute atomic E-state index is 0. The molecule has 1 aliphatic heterocycles. The number of esters is 1. The first kappa shape index (κ1) is 28.9. The lowest BCUT2D eigenvalue weighted by Crippen LogP contribution is -2.31. The van der Waals surface area contributed by atoms with E-state index in [1.165, 1.54) is 17.3 Å². The van der Waals surface area contributed by atoms with Crippen LogP contribution in [-0.4, -0.2) is 61.4 Å². The lowest BCUT2D eigenvalue weighted by Gasteiger charge is -2.25. The summed E-state index contributed by atoms with van der Waals surface area (Å²) >= 11 is 3.39. The van der Waals surface area contributed by atoms with E-state index in [0.717, 1.165) is 25.9 Å². The lowest BCUT2D eigenvalue weighted by molar-refractivity contribution is 0.0734. The topological polar surface area (TPSA) is 167 Å². The molecule has 1 fully saturated rings. The van der Waals surface area contributed by atoms with E-state index in [1.54, 1.807) is 42.5 Å². The average molecular weight is 631 g/mol. The Bertz CT molecular complexity index is 1500. The van der Waals surface area contributed by atoms with E-state index in [9.17, 15) is 9.59 Å². The number of hydrogen-bond donors (Lipinski definition) is 2. The summed E-state index contributed by atoms with van der Waals surface area (Å²) < 4.78 is 12.2. The predicted octanol–water partition coefficient (Wildman–Crippen LogP) is 3.39. The van der Waals surface area contributed by atoms with Crippen molar-refractivity contribution < 1.29 is 19.0 Å². The Morgan fingerprint density at radius 1 is 1.12 bits per heavy atom. The molecule has 0 aliphatic carbocycles. The van der Waals surface area contributed by atoms with Crippen molar-refractivity contribution >= 4 is 52.2 Å². The van der Waals surface area contributed by atoms with Gasteiger partial charge in [-0.05, 0) is 66.6 Å². The fourth-order valence-electron chi connectivity index (χ4n) is 4.11. The SMILES string of the molecule is Cl.Nc1nonc1-n1nnc(CN2CCCCC2)c1C(=O)N/N=C/c1ccc(Br)cc1OC(=O)c1ccccc1. The number of nitrogens with two attached hydrogens (primary N) is 1. The first-order valence-corrected chi connectivity index (χ1v) is 12.9. The largest absolute Gasteiger partial charge is 0.422 e. The van der Waals surface area contributed by atoms with Crippen LogP contribution in [0.5, 0.6) is 5.75 Å². The van der Waals surface area contributed by atoms with Crippen LogP contribution in [0.3, 0.4) is 0 Å². The average Bonchev–Trinajstić information content (AvgIpc) is 3.56. The molecule has 13 nitrogen and oxygen atoms in total. The maximum absolute atomic E-state index is 13.3. The first-order chi connectivity index (χ1) is 19.0. The maximum Gasteiger partial charge on any atom is 0.343 e. The number of nitrogens with one attached hydrogen (secondary N) is 1. The molecule has 208 valence electrons. The molecular formula is C25H25BrClN9O4. The predicted molar refractivity (Wildman–Crippen MR) is 151 cm³/mol. The molecule has 2 aromatic heterocycles. The van der Waals surface area contributed by atoms with Crippen molar-refractivity contribution in [3.8, 4) is 11.6 Å². The molecule has 0 radical (unpaired) electrons. The number of nitrogen functional groups attached to an aromatic ring is 1. The Balaban J connectivity index is 0.00000370. The second kappa shape index (κ2) is 13.3. The number of rotatable bonds is 8. The van der Waals surface area contributed by atoms with Gasteiger partial charge in [0.1, 0.15) is 11.4 Å². The van der Waals surface area contributed by atoms with Crippen molar-refractivity contribution in [1.82, 2.24) is 35.6 Å². The summed E-state index contributed by atoms with van der Waals surface area (Å²) in [5.41, 5.74) is 9.76. The number of hydrogen-bond acceptors (Lipinski definition) is 11. The van der Waals surface area contributed by atoms with Crippen molar-refractivity contribution in [2.24, 2.45) is 5.10 Å². The first-order valence-electron chi connectivity index (χ1n) is 12.1. The number of ether oxygens (including phenoxy) is 1. The number of anilines is 1. The van der Waals surface area contributed by atoms with Crippen LogP contribution in [-0.2, 0) is 6.54 Å². The van der Waals surface area contributed by atoms with E-state index < -0.39 is 11.9 Å². The van der Waals surface area contributed by atoms with Crippen LogP contribution < -0.4 is 15.9 Å². The molecule has 0 spiro atoms. The van der Waals surface area contributed by atoms with Gasteiger partial charge in [-0.3, -0.25) is 9.69 Å². The van der Waals surface area contributed by atoms with Crippen LogP contribution in [0.2, 0.25) is 0 Å². The third-order valence-electron chi connectivity index (χ3n) is 6.03. The highest BCUT2D eigenvalue weighted by Gasteiger charge is 2.26. The molecule has 5 rings (SSSR count). The van der Waals surface area contributed by atoms with E-state index in [4.69, 9.17) is 10.5 Å². The number of carbonyl (C=O) groups is 2. The number of benzene rings is 2. The van der Waals surface area contributed by atoms with Gasteiger partial charge >= 0.3 is 5.97 Å². The van der Waals surface area contributed by atoms with Crippen LogP contribution in [0.15, 0.2) is 62.7 Å². The highest BCUT2D eigenvalue weighted by Crippen LogP contribution is 2.24. The van der Waals surface area contributed by atoms with Gasteiger partial charge in [-0.1, -0.05) is 45.8 Å². The molecule has 3 heterocycles. The van der Waals surface area contributed by atoms with E-state index >= 15 is 0 Å². The third-order valence-corrected chi connectivity index (χ3v) is 6.52. The molecule has 0 saturated carbocycles. The molecule has 0 unspecified atom stereocenters. The van der Waals surface area contributed by atoms with Crippen LogP contribution >= 0.6 is 28.3 Å². The van der Waals surface area contributed by atoms with Crippen molar-refractivity contribution in [1.29, 1.82) is 0 Å². The molecule has 2 aromatic carbocycles. The smallest absolute Gasteiger partial charge is 0.343 e. The summed E-state index contributed by atoms with van der Waals surface area (Å²) in [7, 11) is 0. The fraction of sp³-hybridized carbons (Fsp3) is 0.240. The molecule has 40 heavy (non-hydrogen) atoms. The Morgan fingerprint density at radius 3 is 2.62 bits per heavy atom. The molecule has 1 aliphatic rings. The molecular weight excluding hydrogens is 606 g/mol. The van der Waals surface area contributed by atoms with E-state index in [-0.39, 0.29) is 35.5 Å². The van der Waals surface area contributed by atoms with Gasteiger partial charge in [0.25, 0.3) is 5.91 Å². The van der Waals surface area contributed by atoms with Gasteiger partial charge in [0.2, 0.25) is 11.6 Å². The third kappa shape index (κ3) is 6.70. The normalized spacial score (nSPS) is 13.6. The Labute approximate surface area is 243 Å². The van der Waals surface area contributed by atoms with Crippen molar-refractivity contribution in [3.05, 3.63) is 75.5 Å². The van der Waals surface area contributed by atoms with Gasteiger partial charge in [-0.25, -0.2) is 14.8 Å². The summed E-state index contributed by atoms with van der Waals surface area (Å²) in [6.45, 7) is 2.21. The van der Waals surface area contributed by atoms with Crippen LogP contribution in [0.25, 0.3) is 5.82 Å². The summed E-state index contributed by atoms with van der Waals surface area (Å²) in [6, 6.07) is 13.7. The summed E-state index contributed by atoms with van der Waals surface area (Å²) in [5.74, 6) is -0.851. The molecule has 1 saturated heterocycles. The van der Waals surface area contributed by atoms with Crippen LogP contribution in [0, 0.1) is 0 Å². The van der Waals surface area contributed by atoms with Crippen LogP contribution in [0.1, 0.15) is 51.4 Å². The Morgan fingerprint density at radius 2 is 1.90 bits per heavy atom. The fourth-order valence-corrected chi connectivity index (χ4v) is 4.45. The number of likely N-dealkylation sites (tertiary alicyclic amines) is 1. The van der Waals surface area contributed by atoms with E-state index in [2.05, 4.69) is 56.6 Å². The van der Waals surface area contributed by atoms with Crippen molar-refractivity contribution in [3.63, 3.8) is 0 Å². The van der Waals surface area contributed by atoms with Crippen molar-refractivity contribution in [2.75, 3.05) is 18.8 Å². The number of aromatic nitrogens is 5. The lowest BCUT2D eigenvalue weighted by atomic mass is 10.1. The zero-order chi connectivity index (χ0) is 27.2. The highest BCUT2D eigenvalue weighted by molar-refractivity contribution is 9.10. The van der Waals surface area contributed by atoms with Gasteiger partial charge in [0.05, 0.1) is 11.8 Å². The highest BCUT2D eigenvalue weighted by atomic mass is 79.9. The van der Waals surface area contributed by atoms with E-state index in [1.807, 2.05) is 6.07 Å². The molecule has 4 aromatic rings. The van der Waals surface area contributed by atoms with Gasteiger partial charge in [-0.15, -0.1) is 17.5 Å². The van der Waals surface area contributed by atoms with Gasteiger partial charge in [-0.2, -0.15) is 9.78 Å². The molecule has 1 amide bonds. The minimum atomic E-state index is -0.592. The summed E-state index contributed by atoms with van der Waals surface area (Å²) in [4.78, 5) is 28.1. The molecule has 0 atom stereocenters. The minimum Gasteiger partial charge on any atom is -0.422 e.